The zero-order valence-electron chi connectivity index (χ0n) is 19.6. The standard InChI is InChI=1S/C28H32N2O3S/c1-22-13-17-26(18-14-22)34(32,33)29-20-24-10-7-19-30(21-24)28(31)27-12-6-5-11-25(27)16-15-23-8-3-2-4-9-23/h2-6,8-9,11-14,17-18,24,29H,7,10,15-16,19-21H2,1H3. The molecule has 0 aliphatic carbocycles. The maximum Gasteiger partial charge on any atom is 0.254 e. The van der Waals surface area contributed by atoms with Crippen LogP contribution in [0.5, 0.6) is 0 Å². The van der Waals surface area contributed by atoms with E-state index in [2.05, 4.69) is 16.9 Å². The first-order chi connectivity index (χ1) is 16.4. The van der Waals surface area contributed by atoms with Crippen molar-refractivity contribution in [2.75, 3.05) is 19.6 Å². The highest BCUT2D eigenvalue weighted by Crippen LogP contribution is 2.21. The number of rotatable bonds is 8. The molecule has 1 aliphatic heterocycles. The number of likely N-dealkylation sites (tertiary alicyclic amines) is 1. The zero-order chi connectivity index (χ0) is 24.0. The van der Waals surface area contributed by atoms with Crippen LogP contribution in [0.1, 0.15) is 39.9 Å². The van der Waals surface area contributed by atoms with Crippen molar-refractivity contribution < 1.29 is 13.2 Å². The van der Waals surface area contributed by atoms with Crippen molar-refractivity contribution in [2.24, 2.45) is 5.92 Å². The minimum atomic E-state index is -3.56. The Morgan fingerprint density at radius 3 is 2.41 bits per heavy atom. The van der Waals surface area contributed by atoms with Gasteiger partial charge in [0.15, 0.2) is 0 Å². The van der Waals surface area contributed by atoms with Crippen molar-refractivity contribution in [1.29, 1.82) is 0 Å². The molecule has 1 N–H and O–H groups in total. The molecule has 4 rings (SSSR count). The summed E-state index contributed by atoms with van der Waals surface area (Å²) in [5, 5.41) is 0. The van der Waals surface area contributed by atoms with Gasteiger partial charge in [0.1, 0.15) is 0 Å². The van der Waals surface area contributed by atoms with Crippen LogP contribution >= 0.6 is 0 Å². The van der Waals surface area contributed by atoms with Crippen LogP contribution in [0.3, 0.4) is 0 Å². The second-order valence-electron chi connectivity index (χ2n) is 9.07. The van der Waals surface area contributed by atoms with Gasteiger partial charge in [-0.15, -0.1) is 0 Å². The molecule has 34 heavy (non-hydrogen) atoms. The smallest absolute Gasteiger partial charge is 0.254 e. The number of carbonyl (C=O) groups is 1. The molecule has 1 aliphatic rings. The third-order valence-electron chi connectivity index (χ3n) is 6.47. The predicted octanol–water partition coefficient (Wildman–Crippen LogP) is 4.61. The summed E-state index contributed by atoms with van der Waals surface area (Å²) in [4.78, 5) is 15.6. The molecule has 3 aromatic carbocycles. The molecular formula is C28H32N2O3S. The van der Waals surface area contributed by atoms with Crippen LogP contribution in [0.15, 0.2) is 83.8 Å². The largest absolute Gasteiger partial charge is 0.338 e. The van der Waals surface area contributed by atoms with Crippen molar-refractivity contribution in [2.45, 2.75) is 37.5 Å². The molecule has 1 heterocycles. The van der Waals surface area contributed by atoms with E-state index in [1.165, 1.54) is 5.56 Å². The number of hydrogen-bond acceptors (Lipinski definition) is 3. The molecule has 1 saturated heterocycles. The van der Waals surface area contributed by atoms with E-state index in [1.54, 1.807) is 24.3 Å². The molecule has 1 unspecified atom stereocenters. The maximum absolute atomic E-state index is 13.4. The lowest BCUT2D eigenvalue weighted by Gasteiger charge is -2.33. The van der Waals surface area contributed by atoms with E-state index in [9.17, 15) is 13.2 Å². The van der Waals surface area contributed by atoms with Crippen LogP contribution in [-0.4, -0.2) is 38.9 Å². The molecule has 3 aromatic rings. The van der Waals surface area contributed by atoms with Crippen molar-refractivity contribution in [3.8, 4) is 0 Å². The molecule has 0 aromatic heterocycles. The minimum Gasteiger partial charge on any atom is -0.338 e. The van der Waals surface area contributed by atoms with Gasteiger partial charge in [-0.25, -0.2) is 13.1 Å². The Bertz CT molecular complexity index is 1210. The lowest BCUT2D eigenvalue weighted by atomic mass is 9.95. The van der Waals surface area contributed by atoms with E-state index in [4.69, 9.17) is 0 Å². The fourth-order valence-electron chi connectivity index (χ4n) is 4.49. The predicted molar refractivity (Wildman–Crippen MR) is 135 cm³/mol. The topological polar surface area (TPSA) is 66.5 Å². The van der Waals surface area contributed by atoms with Crippen molar-refractivity contribution in [3.63, 3.8) is 0 Å². The summed E-state index contributed by atoms with van der Waals surface area (Å²) < 4.78 is 28.1. The Morgan fingerprint density at radius 2 is 1.65 bits per heavy atom. The summed E-state index contributed by atoms with van der Waals surface area (Å²) in [6.07, 6.45) is 3.46. The Morgan fingerprint density at radius 1 is 0.941 bits per heavy atom. The van der Waals surface area contributed by atoms with Crippen LogP contribution < -0.4 is 4.72 Å². The lowest BCUT2D eigenvalue weighted by Crippen LogP contribution is -2.44. The highest BCUT2D eigenvalue weighted by atomic mass is 32.2. The van der Waals surface area contributed by atoms with Gasteiger partial charge in [-0.2, -0.15) is 0 Å². The summed E-state index contributed by atoms with van der Waals surface area (Å²) in [6.45, 7) is 3.52. The number of benzene rings is 3. The molecule has 0 bridgehead atoms. The molecule has 0 radical (unpaired) electrons. The molecule has 6 heteroatoms. The highest BCUT2D eigenvalue weighted by Gasteiger charge is 2.27. The number of nitrogens with one attached hydrogen (secondary N) is 1. The van der Waals surface area contributed by atoms with Gasteiger partial charge >= 0.3 is 0 Å². The number of carbonyl (C=O) groups excluding carboxylic acids is 1. The molecule has 0 saturated carbocycles. The normalized spacial score (nSPS) is 16.4. The highest BCUT2D eigenvalue weighted by molar-refractivity contribution is 7.89. The van der Waals surface area contributed by atoms with Gasteiger partial charge in [0, 0.05) is 25.2 Å². The fraction of sp³-hybridized carbons (Fsp3) is 0.321. The second-order valence-corrected chi connectivity index (χ2v) is 10.8. The number of amides is 1. The first-order valence-corrected chi connectivity index (χ1v) is 13.4. The number of piperidine rings is 1. The lowest BCUT2D eigenvalue weighted by molar-refractivity contribution is 0.0675. The summed E-state index contributed by atoms with van der Waals surface area (Å²) in [5.74, 6) is 0.129. The number of sulfonamides is 1. The Hall–Kier alpha value is -2.96. The van der Waals surface area contributed by atoms with Gasteiger partial charge in [-0.3, -0.25) is 4.79 Å². The van der Waals surface area contributed by atoms with E-state index in [1.807, 2.05) is 54.3 Å². The third-order valence-corrected chi connectivity index (χ3v) is 7.91. The minimum absolute atomic E-state index is 0.0368. The van der Waals surface area contributed by atoms with Gasteiger partial charge in [-0.1, -0.05) is 66.2 Å². The van der Waals surface area contributed by atoms with E-state index in [-0.39, 0.29) is 16.7 Å². The zero-order valence-corrected chi connectivity index (χ0v) is 20.4. The first-order valence-electron chi connectivity index (χ1n) is 11.9. The van der Waals surface area contributed by atoms with E-state index in [0.717, 1.165) is 42.4 Å². The molecule has 1 amide bonds. The van der Waals surface area contributed by atoms with Crippen LogP contribution in [-0.2, 0) is 22.9 Å². The van der Waals surface area contributed by atoms with Crippen LogP contribution in [0.2, 0.25) is 0 Å². The number of aryl methyl sites for hydroxylation is 3. The van der Waals surface area contributed by atoms with E-state index in [0.29, 0.717) is 19.6 Å². The summed E-state index contributed by atoms with van der Waals surface area (Å²) in [7, 11) is -3.56. The van der Waals surface area contributed by atoms with E-state index < -0.39 is 10.0 Å². The summed E-state index contributed by atoms with van der Waals surface area (Å²) in [5.41, 5.74) is 4.07. The molecular weight excluding hydrogens is 444 g/mol. The maximum atomic E-state index is 13.4. The van der Waals surface area contributed by atoms with Gasteiger partial charge in [-0.05, 0) is 67.9 Å². The fourth-order valence-corrected chi connectivity index (χ4v) is 5.60. The Labute approximate surface area is 202 Å². The number of hydrogen-bond donors (Lipinski definition) is 1. The number of nitrogens with zero attached hydrogens (tertiary/aromatic N) is 1. The van der Waals surface area contributed by atoms with Crippen LogP contribution in [0.4, 0.5) is 0 Å². The molecule has 178 valence electrons. The first kappa shape index (κ1) is 24.2. The van der Waals surface area contributed by atoms with Crippen molar-refractivity contribution in [1.82, 2.24) is 9.62 Å². The molecule has 0 spiro atoms. The molecule has 1 fully saturated rings. The molecule has 1 atom stereocenters. The Kier molecular flexibility index (Phi) is 7.80. The van der Waals surface area contributed by atoms with Crippen LogP contribution in [0, 0.1) is 12.8 Å². The monoisotopic (exact) mass is 476 g/mol. The van der Waals surface area contributed by atoms with Gasteiger partial charge in [0.2, 0.25) is 10.0 Å². The second kappa shape index (κ2) is 11.0. The van der Waals surface area contributed by atoms with Crippen molar-refractivity contribution >= 4 is 15.9 Å². The Balaban J connectivity index is 1.38. The third kappa shape index (κ3) is 6.13. The summed E-state index contributed by atoms with van der Waals surface area (Å²) in [6, 6.07) is 25.0. The summed E-state index contributed by atoms with van der Waals surface area (Å²) >= 11 is 0. The van der Waals surface area contributed by atoms with Crippen LogP contribution in [0.25, 0.3) is 0 Å². The average molecular weight is 477 g/mol. The van der Waals surface area contributed by atoms with Gasteiger partial charge in [0.25, 0.3) is 5.91 Å². The molecule has 5 nitrogen and oxygen atoms in total. The van der Waals surface area contributed by atoms with Gasteiger partial charge in [0.05, 0.1) is 4.90 Å². The quantitative estimate of drug-likeness (QED) is 0.516. The SMILES string of the molecule is Cc1ccc(S(=O)(=O)NCC2CCCN(C(=O)c3ccccc3CCc3ccccc3)C2)cc1. The van der Waals surface area contributed by atoms with Crippen molar-refractivity contribution in [3.05, 3.63) is 101 Å². The van der Waals surface area contributed by atoms with Gasteiger partial charge < -0.3 is 4.90 Å². The van der Waals surface area contributed by atoms with E-state index >= 15 is 0 Å². The average Bonchev–Trinajstić information content (AvgIpc) is 2.87.